The van der Waals surface area contributed by atoms with Crippen molar-refractivity contribution in [3.05, 3.63) is 108 Å². The van der Waals surface area contributed by atoms with Gasteiger partial charge in [-0.1, -0.05) is 37.3 Å². The van der Waals surface area contributed by atoms with Gasteiger partial charge in [0.25, 0.3) is 0 Å². The van der Waals surface area contributed by atoms with E-state index in [0.29, 0.717) is 0 Å². The topological polar surface area (TPSA) is 0 Å². The van der Waals surface area contributed by atoms with Gasteiger partial charge in [-0.3, -0.25) is 0 Å². The third-order valence-corrected chi connectivity index (χ3v) is 4.43. The molecule has 27 heavy (non-hydrogen) atoms. The van der Waals surface area contributed by atoms with E-state index in [4.69, 9.17) is 0 Å². The maximum Gasteiger partial charge on any atom is 0 e. The van der Waals surface area contributed by atoms with Gasteiger partial charge in [0.1, 0.15) is 0 Å². The Morgan fingerprint density at radius 3 is 2.04 bits per heavy atom. The van der Waals surface area contributed by atoms with Gasteiger partial charge in [0.2, 0.25) is 0 Å². The number of unbranched alkanes of at least 4 members (excludes halogenated alkanes) is 1. The molecule has 3 aromatic carbocycles. The molecule has 0 unspecified atom stereocenters. The van der Waals surface area contributed by atoms with Crippen LogP contribution in [0.3, 0.4) is 0 Å². The molecule has 0 nitrogen and oxygen atoms in total. The first-order valence-corrected chi connectivity index (χ1v) is 8.25. The standard InChI is InChI=1S/C16H19.C5H5.5CH3.Hf/c1-2-3-5-12-8-9-15-10-13-6-4-7-14(13)11-16(12)15;1-2-4-5-3-1;;;;;;/h8-11H,2-7H2,1H3;1-5H;5*1H3;/q7*-1;. The minimum Gasteiger partial charge on any atom is -0.358 e. The molecule has 0 heterocycles. The van der Waals surface area contributed by atoms with Gasteiger partial charge in [0.15, 0.2) is 0 Å². The summed E-state index contributed by atoms with van der Waals surface area (Å²) in [4.78, 5) is 0. The molecule has 0 bridgehead atoms. The van der Waals surface area contributed by atoms with Gasteiger partial charge in [-0.25, -0.2) is 12.1 Å². The number of rotatable bonds is 3. The zero-order valence-corrected chi connectivity index (χ0v) is 22.0. The summed E-state index contributed by atoms with van der Waals surface area (Å²) >= 11 is 0. The van der Waals surface area contributed by atoms with Crippen molar-refractivity contribution in [2.75, 3.05) is 0 Å². The van der Waals surface area contributed by atoms with Crippen LogP contribution in [0, 0.1) is 37.1 Å². The number of fused-ring (bicyclic) bond motifs is 2. The summed E-state index contributed by atoms with van der Waals surface area (Å²) in [5, 5.41) is 2.99. The Morgan fingerprint density at radius 1 is 0.926 bits per heavy atom. The summed E-state index contributed by atoms with van der Waals surface area (Å²) in [6.07, 6.45) is 7.79. The Bertz CT molecular complexity index is 656. The van der Waals surface area contributed by atoms with Gasteiger partial charge < -0.3 is 37.1 Å². The van der Waals surface area contributed by atoms with E-state index in [0.717, 1.165) is 0 Å². The molecule has 0 fully saturated rings. The van der Waals surface area contributed by atoms with E-state index >= 15 is 0 Å². The van der Waals surface area contributed by atoms with Crippen molar-refractivity contribution in [1.82, 2.24) is 0 Å². The molecule has 0 N–H and O–H groups in total. The zero-order valence-electron chi connectivity index (χ0n) is 18.4. The van der Waals surface area contributed by atoms with E-state index in [1.165, 1.54) is 49.3 Å². The molecule has 154 valence electrons. The number of hydrogen-bond acceptors (Lipinski definition) is 0. The summed E-state index contributed by atoms with van der Waals surface area (Å²) in [6.45, 7) is 2.27. The maximum atomic E-state index is 2.46. The first kappa shape index (κ1) is 33.6. The van der Waals surface area contributed by atoms with Crippen molar-refractivity contribution in [2.45, 2.75) is 45.4 Å². The molecule has 0 aromatic heterocycles. The van der Waals surface area contributed by atoms with Gasteiger partial charge in [-0.05, 0) is 19.3 Å². The van der Waals surface area contributed by atoms with Crippen LogP contribution < -0.4 is 0 Å². The molecule has 0 amide bonds. The fourth-order valence-corrected chi connectivity index (χ4v) is 3.25. The quantitative estimate of drug-likeness (QED) is 0.238. The normalized spacial score (nSPS) is 10.1. The van der Waals surface area contributed by atoms with E-state index in [-0.39, 0.29) is 63.0 Å². The summed E-state index contributed by atoms with van der Waals surface area (Å²) in [5.74, 6) is 0. The predicted octanol–water partition coefficient (Wildman–Crippen LogP) is 8.04. The average Bonchev–Trinajstić information content (AvgIpc) is 3.24. The van der Waals surface area contributed by atoms with Crippen LogP contribution in [0.1, 0.15) is 42.9 Å². The number of benzene rings is 1. The van der Waals surface area contributed by atoms with Crippen molar-refractivity contribution < 1.29 is 25.8 Å². The van der Waals surface area contributed by atoms with Gasteiger partial charge >= 0.3 is 0 Å². The van der Waals surface area contributed by atoms with Gasteiger partial charge in [0, 0.05) is 25.8 Å². The minimum atomic E-state index is 0. The second-order valence-electron chi connectivity index (χ2n) is 5.99. The Morgan fingerprint density at radius 2 is 1.52 bits per heavy atom. The third-order valence-electron chi connectivity index (χ3n) is 4.43. The minimum absolute atomic E-state index is 0. The first-order valence-electron chi connectivity index (χ1n) is 8.25. The van der Waals surface area contributed by atoms with Crippen molar-refractivity contribution in [3.8, 4) is 0 Å². The van der Waals surface area contributed by atoms with E-state index < -0.39 is 0 Å². The van der Waals surface area contributed by atoms with Gasteiger partial charge in [-0.2, -0.15) is 24.3 Å². The molecular formula is C26H39Hf-7. The number of hydrogen-bond donors (Lipinski definition) is 0. The fourth-order valence-electron chi connectivity index (χ4n) is 3.25. The van der Waals surface area contributed by atoms with E-state index in [1.54, 1.807) is 16.7 Å². The van der Waals surface area contributed by atoms with Crippen LogP contribution in [-0.4, -0.2) is 0 Å². The van der Waals surface area contributed by atoms with Crippen LogP contribution >= 0.6 is 0 Å². The maximum absolute atomic E-state index is 2.46. The summed E-state index contributed by atoms with van der Waals surface area (Å²) < 4.78 is 0. The summed E-state index contributed by atoms with van der Waals surface area (Å²) in [5.41, 5.74) is 4.77. The van der Waals surface area contributed by atoms with Crippen LogP contribution in [0.15, 0.2) is 54.6 Å². The Hall–Kier alpha value is -0.950. The molecule has 0 saturated carbocycles. The van der Waals surface area contributed by atoms with Crippen molar-refractivity contribution in [1.29, 1.82) is 0 Å². The zero-order chi connectivity index (χ0) is 14.5. The smallest absolute Gasteiger partial charge is 0 e. The van der Waals surface area contributed by atoms with Crippen molar-refractivity contribution >= 4 is 10.8 Å². The summed E-state index contributed by atoms with van der Waals surface area (Å²) in [7, 11) is 0. The SMILES string of the molecule is CCCC[c-]1ccc2cc3c(cc21)CCC3.[CH3-].[CH3-].[CH3-].[CH3-].[CH3-].[Hf].c1cc[cH-]c1. The third kappa shape index (κ3) is 8.73. The molecule has 4 rings (SSSR count). The van der Waals surface area contributed by atoms with Crippen LogP contribution in [0.5, 0.6) is 0 Å². The second kappa shape index (κ2) is 17.2. The molecule has 0 saturated heterocycles. The van der Waals surface area contributed by atoms with Crippen LogP contribution in [-0.2, 0) is 45.1 Å². The molecule has 1 aliphatic carbocycles. The van der Waals surface area contributed by atoms with Crippen LogP contribution in [0.4, 0.5) is 0 Å². The largest absolute Gasteiger partial charge is 0.358 e. The van der Waals surface area contributed by atoms with Gasteiger partial charge in [0.05, 0.1) is 0 Å². The average molecular weight is 530 g/mol. The van der Waals surface area contributed by atoms with E-state index in [1.807, 2.05) is 30.3 Å². The molecule has 0 radical (unpaired) electrons. The molecule has 1 aliphatic rings. The molecule has 3 aromatic rings. The van der Waals surface area contributed by atoms with Gasteiger partial charge in [-0.15, -0.1) is 34.5 Å². The Labute approximate surface area is 189 Å². The van der Waals surface area contributed by atoms with Crippen molar-refractivity contribution in [3.63, 3.8) is 0 Å². The molecule has 0 spiro atoms. The van der Waals surface area contributed by atoms with Crippen LogP contribution in [0.25, 0.3) is 10.8 Å². The second-order valence-corrected chi connectivity index (χ2v) is 5.99. The van der Waals surface area contributed by atoms with Crippen molar-refractivity contribution in [2.24, 2.45) is 0 Å². The summed E-state index contributed by atoms with van der Waals surface area (Å²) in [6, 6.07) is 19.5. The van der Waals surface area contributed by atoms with E-state index in [2.05, 4.69) is 31.2 Å². The van der Waals surface area contributed by atoms with E-state index in [9.17, 15) is 0 Å². The van der Waals surface area contributed by atoms with Crippen LogP contribution in [0.2, 0.25) is 0 Å². The molecule has 0 aliphatic heterocycles. The Kier molecular flexibility index (Phi) is 21.4. The predicted molar refractivity (Wildman–Crippen MR) is 124 cm³/mol. The first-order chi connectivity index (χ1) is 10.4. The molecule has 0 atom stereocenters. The number of aryl methyl sites for hydroxylation is 3. The fraction of sp³-hybridized carbons (Fsp3) is 0.269. The Balaban J connectivity index is -0.000000214. The molecular weight excluding hydrogens is 491 g/mol. The molecule has 1 heteroatoms. The monoisotopic (exact) mass is 531 g/mol.